The molecule has 2 aromatic rings. The summed E-state index contributed by atoms with van der Waals surface area (Å²) in [5.74, 6) is 0.578. The third-order valence-corrected chi connectivity index (χ3v) is 5.46. The van der Waals surface area contributed by atoms with E-state index >= 15 is 0 Å². The summed E-state index contributed by atoms with van der Waals surface area (Å²) in [4.78, 5) is 12.6. The van der Waals surface area contributed by atoms with Crippen LogP contribution in [-0.4, -0.2) is 31.8 Å². The van der Waals surface area contributed by atoms with Gasteiger partial charge in [-0.1, -0.05) is 46.3 Å². The van der Waals surface area contributed by atoms with Crippen LogP contribution in [0, 0.1) is 0 Å². The van der Waals surface area contributed by atoms with Gasteiger partial charge >= 0.3 is 0 Å². The van der Waals surface area contributed by atoms with Crippen molar-refractivity contribution >= 4 is 21.8 Å². The van der Waals surface area contributed by atoms with E-state index in [1.807, 2.05) is 42.5 Å². The van der Waals surface area contributed by atoms with E-state index in [2.05, 4.69) is 33.4 Å². The van der Waals surface area contributed by atoms with E-state index in [-0.39, 0.29) is 11.3 Å². The van der Waals surface area contributed by atoms with Crippen LogP contribution in [0.4, 0.5) is 0 Å². The molecule has 1 amide bonds. The molecule has 1 N–H and O–H groups in total. The second-order valence-corrected chi connectivity index (χ2v) is 7.61. The highest BCUT2D eigenvalue weighted by molar-refractivity contribution is 9.10. The van der Waals surface area contributed by atoms with Crippen molar-refractivity contribution in [2.75, 3.05) is 19.8 Å². The summed E-state index contributed by atoms with van der Waals surface area (Å²) in [6, 6.07) is 17.9. The van der Waals surface area contributed by atoms with Crippen molar-refractivity contribution in [1.29, 1.82) is 0 Å². The number of ether oxygens (including phenoxy) is 2. The average Bonchev–Trinajstić information content (AvgIpc) is 2.69. The van der Waals surface area contributed by atoms with E-state index < -0.39 is 6.10 Å². The summed E-state index contributed by atoms with van der Waals surface area (Å²) in [7, 11) is 0. The molecule has 26 heavy (non-hydrogen) atoms. The van der Waals surface area contributed by atoms with Gasteiger partial charge in [0, 0.05) is 29.6 Å². The molecule has 1 aliphatic rings. The van der Waals surface area contributed by atoms with Gasteiger partial charge in [0.2, 0.25) is 0 Å². The van der Waals surface area contributed by atoms with Gasteiger partial charge in [0.25, 0.3) is 5.91 Å². The van der Waals surface area contributed by atoms with Gasteiger partial charge in [0.05, 0.1) is 0 Å². The van der Waals surface area contributed by atoms with Crippen molar-refractivity contribution in [2.24, 2.45) is 0 Å². The maximum atomic E-state index is 12.6. The number of hydrogen-bond acceptors (Lipinski definition) is 3. The first-order valence-electron chi connectivity index (χ1n) is 8.92. The Bertz CT molecular complexity index is 712. The Kier molecular flexibility index (Phi) is 6.33. The second kappa shape index (κ2) is 8.69. The van der Waals surface area contributed by atoms with Gasteiger partial charge in [-0.05, 0) is 49.6 Å². The number of hydrogen-bond donors (Lipinski definition) is 1. The van der Waals surface area contributed by atoms with Gasteiger partial charge in [-0.3, -0.25) is 4.79 Å². The van der Waals surface area contributed by atoms with Crippen molar-refractivity contribution in [3.05, 3.63) is 64.6 Å². The van der Waals surface area contributed by atoms with Crippen LogP contribution in [0.2, 0.25) is 0 Å². The summed E-state index contributed by atoms with van der Waals surface area (Å²) in [5, 5.41) is 3.09. The quantitative estimate of drug-likeness (QED) is 0.769. The average molecular weight is 418 g/mol. The van der Waals surface area contributed by atoms with Gasteiger partial charge < -0.3 is 14.8 Å². The standard InChI is InChI=1S/C21H24BrNO3/c1-16(26-19-9-7-18(22)8-10-19)20(24)23-15-21(11-13-25-14-12-21)17-5-3-2-4-6-17/h2-10,16H,11-15H2,1H3,(H,23,24). The predicted octanol–water partition coefficient (Wildman–Crippen LogP) is 4.08. The summed E-state index contributed by atoms with van der Waals surface area (Å²) in [5.41, 5.74) is 1.18. The third-order valence-electron chi connectivity index (χ3n) is 4.93. The van der Waals surface area contributed by atoms with Crippen molar-refractivity contribution in [1.82, 2.24) is 5.32 Å². The predicted molar refractivity (Wildman–Crippen MR) is 105 cm³/mol. The maximum Gasteiger partial charge on any atom is 0.260 e. The van der Waals surface area contributed by atoms with Gasteiger partial charge in [-0.25, -0.2) is 0 Å². The summed E-state index contributed by atoms with van der Waals surface area (Å²) < 4.78 is 12.3. The SMILES string of the molecule is CC(Oc1ccc(Br)cc1)C(=O)NCC1(c2ccccc2)CCOCC1. The maximum absolute atomic E-state index is 12.6. The summed E-state index contributed by atoms with van der Waals surface area (Å²) in [6.45, 7) is 3.80. The lowest BCUT2D eigenvalue weighted by molar-refractivity contribution is -0.127. The zero-order valence-electron chi connectivity index (χ0n) is 14.9. The van der Waals surface area contributed by atoms with Crippen molar-refractivity contribution in [3.8, 4) is 5.75 Å². The Balaban J connectivity index is 1.63. The highest BCUT2D eigenvalue weighted by Gasteiger charge is 2.35. The van der Waals surface area contributed by atoms with Gasteiger partial charge in [0.15, 0.2) is 6.10 Å². The Morgan fingerprint density at radius 2 is 1.81 bits per heavy atom. The Labute approximate surface area is 163 Å². The van der Waals surface area contributed by atoms with E-state index in [0.29, 0.717) is 12.3 Å². The number of carbonyl (C=O) groups is 1. The molecule has 1 heterocycles. The van der Waals surface area contributed by atoms with Gasteiger partial charge in [-0.2, -0.15) is 0 Å². The highest BCUT2D eigenvalue weighted by atomic mass is 79.9. The molecule has 1 fully saturated rings. The van der Waals surface area contributed by atoms with Crippen LogP contribution in [0.25, 0.3) is 0 Å². The lowest BCUT2D eigenvalue weighted by atomic mass is 9.74. The molecule has 0 spiro atoms. The van der Waals surface area contributed by atoms with Crippen molar-refractivity contribution in [2.45, 2.75) is 31.3 Å². The third kappa shape index (κ3) is 4.65. The molecule has 1 saturated heterocycles. The molecule has 1 atom stereocenters. The Hall–Kier alpha value is -1.85. The molecule has 0 aliphatic carbocycles. The fourth-order valence-electron chi connectivity index (χ4n) is 3.29. The molecule has 0 bridgehead atoms. The number of rotatable bonds is 6. The molecule has 1 aliphatic heterocycles. The smallest absolute Gasteiger partial charge is 0.260 e. The van der Waals surface area contributed by atoms with Crippen LogP contribution < -0.4 is 10.1 Å². The second-order valence-electron chi connectivity index (χ2n) is 6.69. The minimum Gasteiger partial charge on any atom is -0.481 e. The molecular formula is C21H24BrNO3. The minimum atomic E-state index is -0.552. The van der Waals surface area contributed by atoms with E-state index in [1.165, 1.54) is 5.56 Å². The summed E-state index contributed by atoms with van der Waals surface area (Å²) >= 11 is 3.39. The lowest BCUT2D eigenvalue weighted by Crippen LogP contribution is -2.47. The number of amides is 1. The molecule has 138 valence electrons. The monoisotopic (exact) mass is 417 g/mol. The first kappa shape index (κ1) is 18.9. The van der Waals surface area contributed by atoms with Crippen molar-refractivity contribution < 1.29 is 14.3 Å². The molecule has 0 aromatic heterocycles. The van der Waals surface area contributed by atoms with Gasteiger partial charge in [0.1, 0.15) is 5.75 Å². The Morgan fingerprint density at radius 3 is 2.46 bits per heavy atom. The van der Waals surface area contributed by atoms with Crippen LogP contribution in [0.3, 0.4) is 0 Å². The largest absolute Gasteiger partial charge is 0.481 e. The zero-order chi connectivity index (χ0) is 18.4. The molecule has 1 unspecified atom stereocenters. The molecule has 0 radical (unpaired) electrons. The van der Waals surface area contributed by atoms with E-state index in [4.69, 9.17) is 9.47 Å². The summed E-state index contributed by atoms with van der Waals surface area (Å²) in [6.07, 6.45) is 1.25. The van der Waals surface area contributed by atoms with E-state index in [0.717, 1.165) is 30.5 Å². The van der Waals surface area contributed by atoms with Crippen molar-refractivity contribution in [3.63, 3.8) is 0 Å². The number of nitrogens with one attached hydrogen (secondary N) is 1. The van der Waals surface area contributed by atoms with Crippen LogP contribution in [0.1, 0.15) is 25.3 Å². The molecule has 2 aromatic carbocycles. The van der Waals surface area contributed by atoms with Crippen LogP contribution in [0.5, 0.6) is 5.75 Å². The zero-order valence-corrected chi connectivity index (χ0v) is 16.5. The number of benzene rings is 2. The first-order valence-corrected chi connectivity index (χ1v) is 9.72. The van der Waals surface area contributed by atoms with Crippen LogP contribution >= 0.6 is 15.9 Å². The van der Waals surface area contributed by atoms with E-state index in [9.17, 15) is 4.79 Å². The molecule has 0 saturated carbocycles. The first-order chi connectivity index (χ1) is 12.6. The number of halogens is 1. The van der Waals surface area contributed by atoms with Gasteiger partial charge in [-0.15, -0.1) is 0 Å². The number of carbonyl (C=O) groups excluding carboxylic acids is 1. The highest BCUT2D eigenvalue weighted by Crippen LogP contribution is 2.34. The molecule has 3 rings (SSSR count). The molecule has 5 heteroatoms. The Morgan fingerprint density at radius 1 is 1.15 bits per heavy atom. The van der Waals surface area contributed by atoms with Crippen LogP contribution in [-0.2, 0) is 14.9 Å². The fourth-order valence-corrected chi connectivity index (χ4v) is 3.56. The fraction of sp³-hybridized carbons (Fsp3) is 0.381. The molecular weight excluding hydrogens is 394 g/mol. The minimum absolute atomic E-state index is 0.0769. The van der Waals surface area contributed by atoms with E-state index in [1.54, 1.807) is 6.92 Å². The molecule has 4 nitrogen and oxygen atoms in total. The lowest BCUT2D eigenvalue weighted by Gasteiger charge is -2.38. The topological polar surface area (TPSA) is 47.6 Å². The van der Waals surface area contributed by atoms with Crippen LogP contribution in [0.15, 0.2) is 59.1 Å². The normalized spacial score (nSPS) is 17.3.